The Hall–Kier alpha value is -2.29. The van der Waals surface area contributed by atoms with E-state index in [-0.39, 0.29) is 11.8 Å². The van der Waals surface area contributed by atoms with Crippen molar-refractivity contribution in [3.8, 4) is 0 Å². The van der Waals surface area contributed by atoms with Crippen LogP contribution in [0.25, 0.3) is 0 Å². The van der Waals surface area contributed by atoms with Crippen molar-refractivity contribution >= 4 is 17.7 Å². The molecular weight excluding hydrogens is 284 g/mol. The topological polar surface area (TPSA) is 23.6 Å². The van der Waals surface area contributed by atoms with Crippen molar-refractivity contribution in [3.63, 3.8) is 0 Å². The van der Waals surface area contributed by atoms with Gasteiger partial charge in [-0.1, -0.05) is 31.2 Å². The van der Waals surface area contributed by atoms with Gasteiger partial charge in [0.2, 0.25) is 0 Å². The van der Waals surface area contributed by atoms with E-state index in [1.165, 1.54) is 11.1 Å². The molecule has 0 N–H and O–H groups in total. The fourth-order valence-corrected chi connectivity index (χ4v) is 2.84. The van der Waals surface area contributed by atoms with Crippen LogP contribution in [0.3, 0.4) is 0 Å². The Labute approximate surface area is 139 Å². The lowest BCUT2D eigenvalue weighted by Crippen LogP contribution is -2.14. The number of hydrogen-bond acceptors (Lipinski definition) is 3. The predicted octanol–water partition coefficient (Wildman–Crippen LogP) is 3.79. The van der Waals surface area contributed by atoms with E-state index in [2.05, 4.69) is 58.3 Å². The van der Waals surface area contributed by atoms with Crippen molar-refractivity contribution in [1.82, 2.24) is 0 Å². The van der Waals surface area contributed by atoms with Gasteiger partial charge in [-0.25, -0.2) is 0 Å². The summed E-state index contributed by atoms with van der Waals surface area (Å²) in [7, 11) is 8.11. The van der Waals surface area contributed by atoms with Crippen LogP contribution >= 0.6 is 0 Å². The van der Waals surface area contributed by atoms with Crippen LogP contribution < -0.4 is 9.80 Å². The molecule has 0 saturated carbocycles. The molecule has 0 aliphatic carbocycles. The summed E-state index contributed by atoms with van der Waals surface area (Å²) in [5, 5.41) is 0. The summed E-state index contributed by atoms with van der Waals surface area (Å²) in [4.78, 5) is 15.6. The average Bonchev–Trinajstić information content (AvgIpc) is 2.55. The summed E-state index contributed by atoms with van der Waals surface area (Å²) in [6.07, 6.45) is 1.05. The van der Waals surface area contributed by atoms with Crippen molar-refractivity contribution < 1.29 is 4.79 Å². The van der Waals surface area contributed by atoms with E-state index in [0.29, 0.717) is 0 Å². The smallest absolute Gasteiger partial charge is 0.123 e. The van der Waals surface area contributed by atoms with E-state index in [0.717, 1.165) is 17.7 Å². The van der Waals surface area contributed by atoms with Crippen molar-refractivity contribution in [2.45, 2.75) is 12.8 Å². The van der Waals surface area contributed by atoms with E-state index in [1.54, 1.807) is 0 Å². The van der Waals surface area contributed by atoms with Crippen LogP contribution in [0.4, 0.5) is 11.4 Å². The fourth-order valence-electron chi connectivity index (χ4n) is 2.84. The summed E-state index contributed by atoms with van der Waals surface area (Å²) < 4.78 is 0. The van der Waals surface area contributed by atoms with Crippen LogP contribution in [0.1, 0.15) is 24.0 Å². The molecule has 3 nitrogen and oxygen atoms in total. The van der Waals surface area contributed by atoms with E-state index < -0.39 is 0 Å². The molecule has 1 atom stereocenters. The minimum absolute atomic E-state index is 0.0644. The standard InChI is InChI=1S/C20H26N2O/c1-15(14-23)20(16-6-10-18(11-7-16)21(2)3)17-8-12-19(13-9-17)22(4)5/h6-15,20H,1-5H3/t15-/m1/s1. The summed E-state index contributed by atoms with van der Waals surface area (Å²) in [6.45, 7) is 1.98. The highest BCUT2D eigenvalue weighted by molar-refractivity contribution is 5.59. The largest absolute Gasteiger partial charge is 0.378 e. The summed E-state index contributed by atoms with van der Waals surface area (Å²) in [5.41, 5.74) is 4.67. The maximum Gasteiger partial charge on any atom is 0.123 e. The third kappa shape index (κ3) is 3.92. The Bertz CT molecular complexity index is 578. The van der Waals surface area contributed by atoms with Crippen molar-refractivity contribution in [2.75, 3.05) is 38.0 Å². The molecule has 3 heteroatoms. The summed E-state index contributed by atoms with van der Waals surface area (Å²) in [5.74, 6) is 0.0188. The van der Waals surface area contributed by atoms with E-state index in [1.807, 2.05) is 35.1 Å². The second kappa shape index (κ2) is 7.32. The van der Waals surface area contributed by atoms with Gasteiger partial charge in [-0.2, -0.15) is 0 Å². The first-order valence-corrected chi connectivity index (χ1v) is 7.94. The molecule has 0 fully saturated rings. The van der Waals surface area contributed by atoms with E-state index in [9.17, 15) is 4.79 Å². The first kappa shape index (κ1) is 17.1. The molecule has 0 heterocycles. The molecule has 0 bridgehead atoms. The lowest BCUT2D eigenvalue weighted by atomic mass is 9.82. The van der Waals surface area contributed by atoms with Gasteiger partial charge in [0.15, 0.2) is 0 Å². The quantitative estimate of drug-likeness (QED) is 0.759. The van der Waals surface area contributed by atoms with Crippen molar-refractivity contribution in [1.29, 1.82) is 0 Å². The zero-order valence-electron chi connectivity index (χ0n) is 14.7. The predicted molar refractivity (Wildman–Crippen MR) is 98.6 cm³/mol. The zero-order valence-corrected chi connectivity index (χ0v) is 14.7. The molecule has 0 aliphatic rings. The minimum atomic E-state index is -0.0644. The number of anilines is 2. The molecule has 2 aromatic carbocycles. The number of carbonyl (C=O) groups is 1. The monoisotopic (exact) mass is 310 g/mol. The molecule has 0 saturated heterocycles. The minimum Gasteiger partial charge on any atom is -0.378 e. The van der Waals surface area contributed by atoms with Gasteiger partial charge in [0.05, 0.1) is 0 Å². The number of carbonyl (C=O) groups excluding carboxylic acids is 1. The van der Waals surface area contributed by atoms with Crippen LogP contribution in [0.5, 0.6) is 0 Å². The van der Waals surface area contributed by atoms with Gasteiger partial charge >= 0.3 is 0 Å². The molecule has 0 amide bonds. The molecule has 2 aromatic rings. The number of nitrogens with zero attached hydrogens (tertiary/aromatic N) is 2. The number of aldehydes is 1. The van der Waals surface area contributed by atoms with Gasteiger partial charge < -0.3 is 14.6 Å². The molecule has 0 aliphatic heterocycles. The molecule has 0 unspecified atom stereocenters. The molecular formula is C20H26N2O. The Morgan fingerprint density at radius 1 is 0.739 bits per heavy atom. The Morgan fingerprint density at radius 3 is 1.35 bits per heavy atom. The highest BCUT2D eigenvalue weighted by Gasteiger charge is 2.21. The molecule has 23 heavy (non-hydrogen) atoms. The average molecular weight is 310 g/mol. The van der Waals surface area contributed by atoms with Gasteiger partial charge in [0.25, 0.3) is 0 Å². The number of hydrogen-bond donors (Lipinski definition) is 0. The lowest BCUT2D eigenvalue weighted by Gasteiger charge is -2.23. The number of benzene rings is 2. The molecule has 0 spiro atoms. The van der Waals surface area contributed by atoms with Crippen LogP contribution in [-0.2, 0) is 4.79 Å². The second-order valence-electron chi connectivity index (χ2n) is 6.44. The second-order valence-corrected chi connectivity index (χ2v) is 6.44. The first-order chi connectivity index (χ1) is 10.9. The van der Waals surface area contributed by atoms with Crippen LogP contribution in [0, 0.1) is 5.92 Å². The van der Waals surface area contributed by atoms with Gasteiger partial charge in [0.1, 0.15) is 6.29 Å². The molecule has 0 aromatic heterocycles. The summed E-state index contributed by atoms with van der Waals surface area (Å²) >= 11 is 0. The Morgan fingerprint density at radius 2 is 1.09 bits per heavy atom. The van der Waals surface area contributed by atoms with Gasteiger partial charge in [-0.3, -0.25) is 0 Å². The van der Waals surface area contributed by atoms with Crippen LogP contribution in [0.15, 0.2) is 48.5 Å². The van der Waals surface area contributed by atoms with E-state index in [4.69, 9.17) is 0 Å². The Balaban J connectivity index is 2.38. The van der Waals surface area contributed by atoms with Crippen LogP contribution in [-0.4, -0.2) is 34.5 Å². The maximum atomic E-state index is 11.4. The third-order valence-electron chi connectivity index (χ3n) is 4.28. The normalized spacial score (nSPS) is 12.1. The number of rotatable bonds is 6. The fraction of sp³-hybridized carbons (Fsp3) is 0.350. The molecule has 2 rings (SSSR count). The maximum absolute atomic E-state index is 11.4. The Kier molecular flexibility index (Phi) is 5.43. The lowest BCUT2D eigenvalue weighted by molar-refractivity contribution is -0.111. The van der Waals surface area contributed by atoms with Crippen molar-refractivity contribution in [2.24, 2.45) is 5.92 Å². The zero-order chi connectivity index (χ0) is 17.0. The highest BCUT2D eigenvalue weighted by Crippen LogP contribution is 2.33. The van der Waals surface area contributed by atoms with Crippen LogP contribution in [0.2, 0.25) is 0 Å². The van der Waals surface area contributed by atoms with Gasteiger partial charge in [-0.15, -0.1) is 0 Å². The van der Waals surface area contributed by atoms with Gasteiger partial charge in [-0.05, 0) is 35.4 Å². The highest BCUT2D eigenvalue weighted by atomic mass is 16.1. The molecule has 122 valence electrons. The third-order valence-corrected chi connectivity index (χ3v) is 4.28. The first-order valence-electron chi connectivity index (χ1n) is 7.94. The SMILES string of the molecule is C[C@H](C=O)C(c1ccc(N(C)C)cc1)c1ccc(N(C)C)cc1. The van der Waals surface area contributed by atoms with E-state index >= 15 is 0 Å². The molecule has 0 radical (unpaired) electrons. The van der Waals surface area contributed by atoms with Gasteiger partial charge in [0, 0.05) is 51.4 Å². The summed E-state index contributed by atoms with van der Waals surface area (Å²) in [6, 6.07) is 16.9. The van der Waals surface area contributed by atoms with Crippen molar-refractivity contribution in [3.05, 3.63) is 59.7 Å².